The summed E-state index contributed by atoms with van der Waals surface area (Å²) in [5.74, 6) is 0. The van der Waals surface area contributed by atoms with Crippen molar-refractivity contribution in [3.63, 3.8) is 0 Å². The minimum atomic E-state index is -0.603. The lowest BCUT2D eigenvalue weighted by molar-refractivity contribution is 1.02. The van der Waals surface area contributed by atoms with Gasteiger partial charge in [-0.25, -0.2) is 0 Å². The summed E-state index contributed by atoms with van der Waals surface area (Å²) in [7, 11) is 0. The minimum Gasteiger partial charge on any atom is -0.119 e. The van der Waals surface area contributed by atoms with Crippen molar-refractivity contribution < 1.29 is 0 Å². The van der Waals surface area contributed by atoms with Crippen LogP contribution in [0.15, 0.2) is 24.3 Å². The monoisotopic (exact) mass is 254 g/mol. The van der Waals surface area contributed by atoms with Crippen LogP contribution in [0.5, 0.6) is 0 Å². The first-order chi connectivity index (χ1) is 6.06. The zero-order valence-corrected chi connectivity index (χ0v) is 9.50. The van der Waals surface area contributed by atoms with Crippen LogP contribution in [0.25, 0.3) is 0 Å². The molecule has 1 aliphatic carbocycles. The van der Waals surface area contributed by atoms with Gasteiger partial charge in [-0.05, 0) is 17.7 Å². The van der Waals surface area contributed by atoms with Crippen LogP contribution in [0.1, 0.15) is 5.56 Å². The molecule has 2 atom stereocenters. The molecule has 4 heteroatoms. The van der Waals surface area contributed by atoms with E-state index < -0.39 is 4.87 Å². The molecule has 0 N–H and O–H groups in total. The van der Waals surface area contributed by atoms with Gasteiger partial charge in [0.2, 0.25) is 0 Å². The molecule has 2 unspecified atom stereocenters. The van der Waals surface area contributed by atoms with Gasteiger partial charge in [-0.1, -0.05) is 23.7 Å². The highest BCUT2D eigenvalue weighted by atomic mass is 35.5. The van der Waals surface area contributed by atoms with E-state index in [4.69, 9.17) is 46.4 Å². The van der Waals surface area contributed by atoms with Gasteiger partial charge >= 0.3 is 0 Å². The third-order valence-electron chi connectivity index (χ3n) is 2.24. The zero-order chi connectivity index (χ0) is 9.64. The van der Waals surface area contributed by atoms with Crippen molar-refractivity contribution in [2.75, 3.05) is 0 Å². The summed E-state index contributed by atoms with van der Waals surface area (Å²) in [5.41, 5.74) is 0.929. The fraction of sp³-hybridized carbons (Fsp3) is 0.333. The number of rotatable bonds is 1. The van der Waals surface area contributed by atoms with E-state index >= 15 is 0 Å². The van der Waals surface area contributed by atoms with Gasteiger partial charge in [-0.3, -0.25) is 0 Å². The Labute approximate surface area is 96.7 Å². The first-order valence-electron chi connectivity index (χ1n) is 3.80. The van der Waals surface area contributed by atoms with E-state index in [-0.39, 0.29) is 10.8 Å². The number of hydrogen-bond acceptors (Lipinski definition) is 0. The molecule has 0 amide bonds. The van der Waals surface area contributed by atoms with Crippen molar-refractivity contribution >= 4 is 46.4 Å². The van der Waals surface area contributed by atoms with Crippen LogP contribution in [-0.2, 0) is 4.87 Å². The molecule has 0 saturated heterocycles. The number of alkyl halides is 3. The molecule has 1 aliphatic rings. The average Bonchev–Trinajstić information content (AvgIpc) is 2.59. The summed E-state index contributed by atoms with van der Waals surface area (Å²) in [4.78, 5) is -0.603. The first kappa shape index (κ1) is 9.92. The first-order valence-corrected chi connectivity index (χ1v) is 5.43. The van der Waals surface area contributed by atoms with Gasteiger partial charge in [0.1, 0.15) is 4.87 Å². The van der Waals surface area contributed by atoms with Crippen LogP contribution in [-0.4, -0.2) is 10.8 Å². The molecule has 0 aromatic heterocycles. The summed E-state index contributed by atoms with van der Waals surface area (Å²) in [6.45, 7) is 0. The Bertz CT molecular complexity index is 311. The van der Waals surface area contributed by atoms with E-state index in [1.54, 1.807) is 12.1 Å². The van der Waals surface area contributed by atoms with Crippen LogP contribution >= 0.6 is 46.4 Å². The van der Waals surface area contributed by atoms with Crippen molar-refractivity contribution in [1.82, 2.24) is 0 Å². The summed E-state index contributed by atoms with van der Waals surface area (Å²) >= 11 is 23.8. The minimum absolute atomic E-state index is 0.197. The predicted octanol–water partition coefficient (Wildman–Crippen LogP) is 4.00. The van der Waals surface area contributed by atoms with Crippen LogP contribution in [0.4, 0.5) is 0 Å². The molecular formula is C9H6Cl4. The second-order valence-electron chi connectivity index (χ2n) is 3.08. The van der Waals surface area contributed by atoms with Gasteiger partial charge < -0.3 is 0 Å². The lowest BCUT2D eigenvalue weighted by atomic mass is 10.1. The van der Waals surface area contributed by atoms with Gasteiger partial charge in [0, 0.05) is 5.02 Å². The second-order valence-corrected chi connectivity index (χ2v) is 5.08. The summed E-state index contributed by atoms with van der Waals surface area (Å²) in [6.07, 6.45) is 0. The van der Waals surface area contributed by atoms with Crippen LogP contribution in [0.2, 0.25) is 5.02 Å². The van der Waals surface area contributed by atoms with Crippen molar-refractivity contribution in [3.8, 4) is 0 Å². The van der Waals surface area contributed by atoms with E-state index in [1.165, 1.54) is 0 Å². The molecule has 0 aliphatic heterocycles. The topological polar surface area (TPSA) is 0 Å². The Hall–Kier alpha value is 0.380. The molecule has 13 heavy (non-hydrogen) atoms. The molecule has 70 valence electrons. The molecule has 0 nitrogen and oxygen atoms in total. The van der Waals surface area contributed by atoms with Crippen LogP contribution < -0.4 is 0 Å². The second kappa shape index (κ2) is 3.20. The molecule has 0 heterocycles. The molecule has 0 spiro atoms. The Balaban J connectivity index is 2.33. The number of halogens is 4. The maximum atomic E-state index is 6.22. The normalized spacial score (nSPS) is 37.5. The van der Waals surface area contributed by atoms with E-state index in [9.17, 15) is 0 Å². The Kier molecular flexibility index (Phi) is 2.44. The Morgan fingerprint density at radius 1 is 1.00 bits per heavy atom. The highest BCUT2D eigenvalue weighted by Crippen LogP contribution is 2.59. The van der Waals surface area contributed by atoms with Crippen molar-refractivity contribution in [2.45, 2.75) is 15.6 Å². The molecule has 0 radical (unpaired) electrons. The van der Waals surface area contributed by atoms with Crippen molar-refractivity contribution in [2.24, 2.45) is 0 Å². The van der Waals surface area contributed by atoms with Gasteiger partial charge in [0.05, 0.1) is 10.8 Å². The molecule has 1 aromatic rings. The zero-order valence-electron chi connectivity index (χ0n) is 6.48. The average molecular weight is 256 g/mol. The lowest BCUT2D eigenvalue weighted by Crippen LogP contribution is -2.01. The van der Waals surface area contributed by atoms with Crippen molar-refractivity contribution in [3.05, 3.63) is 34.9 Å². The molecule has 1 aromatic carbocycles. The number of hydrogen-bond donors (Lipinski definition) is 0. The predicted molar refractivity (Wildman–Crippen MR) is 58.3 cm³/mol. The van der Waals surface area contributed by atoms with Gasteiger partial charge in [0.15, 0.2) is 0 Å². The lowest BCUT2D eigenvalue weighted by Gasteiger charge is -2.06. The summed E-state index contributed by atoms with van der Waals surface area (Å²) in [6, 6.07) is 7.28. The maximum absolute atomic E-state index is 6.22. The fourth-order valence-electron chi connectivity index (χ4n) is 1.30. The SMILES string of the molecule is Clc1ccc(C2(Cl)C(Cl)C2Cl)cc1. The third kappa shape index (κ3) is 1.45. The van der Waals surface area contributed by atoms with E-state index in [0.717, 1.165) is 5.56 Å². The van der Waals surface area contributed by atoms with E-state index in [2.05, 4.69) is 0 Å². The summed E-state index contributed by atoms with van der Waals surface area (Å²) < 4.78 is 0. The number of benzene rings is 1. The maximum Gasteiger partial charge on any atom is 0.105 e. The highest BCUT2D eigenvalue weighted by molar-refractivity contribution is 6.47. The Morgan fingerprint density at radius 2 is 1.46 bits per heavy atom. The largest absolute Gasteiger partial charge is 0.119 e. The molecule has 1 fully saturated rings. The van der Waals surface area contributed by atoms with Crippen molar-refractivity contribution in [1.29, 1.82) is 0 Å². The molecule has 2 rings (SSSR count). The molecule has 1 saturated carbocycles. The van der Waals surface area contributed by atoms with Gasteiger partial charge in [-0.2, -0.15) is 0 Å². The fourth-order valence-corrected chi connectivity index (χ4v) is 2.71. The Morgan fingerprint density at radius 3 is 1.85 bits per heavy atom. The molecular weight excluding hydrogens is 250 g/mol. The van der Waals surface area contributed by atoms with Crippen LogP contribution in [0, 0.1) is 0 Å². The summed E-state index contributed by atoms with van der Waals surface area (Å²) in [5, 5.41) is 0.288. The van der Waals surface area contributed by atoms with Gasteiger partial charge in [0.25, 0.3) is 0 Å². The van der Waals surface area contributed by atoms with Gasteiger partial charge in [-0.15, -0.1) is 34.8 Å². The quantitative estimate of drug-likeness (QED) is 0.666. The van der Waals surface area contributed by atoms with Crippen LogP contribution in [0.3, 0.4) is 0 Å². The third-order valence-corrected chi connectivity index (χ3v) is 4.72. The van der Waals surface area contributed by atoms with E-state index in [1.807, 2.05) is 12.1 Å². The standard InChI is InChI=1S/C9H6Cl4/c10-6-3-1-5(2-4-6)9(13)7(11)8(9)12/h1-4,7-8H. The van der Waals surface area contributed by atoms with E-state index in [0.29, 0.717) is 5.02 Å². The molecule has 0 bridgehead atoms. The highest BCUT2D eigenvalue weighted by Gasteiger charge is 2.63. The smallest absolute Gasteiger partial charge is 0.105 e.